The average Bonchev–Trinajstić information content (AvgIpc) is 2.55. The maximum Gasteiger partial charge on any atom is 0.244 e. The van der Waals surface area contributed by atoms with Crippen molar-refractivity contribution in [2.75, 3.05) is 26.2 Å². The molecule has 0 heterocycles. The highest BCUT2D eigenvalue weighted by Gasteiger charge is 2.11. The summed E-state index contributed by atoms with van der Waals surface area (Å²) in [6.07, 6.45) is 3.87. The monoisotopic (exact) mass is 353 g/mol. The van der Waals surface area contributed by atoms with Gasteiger partial charge in [-0.15, -0.1) is 0 Å². The first-order valence-electron chi connectivity index (χ1n) is 9.20. The SMILES string of the molecule is CC(C)CNC(C)C(=O)CCNCCCNC(=O)/C=C\C(=O)C(C)C. The topological polar surface area (TPSA) is 87.3 Å². The van der Waals surface area contributed by atoms with E-state index in [0.29, 0.717) is 25.4 Å². The van der Waals surface area contributed by atoms with Crippen LogP contribution in [0.15, 0.2) is 12.2 Å². The van der Waals surface area contributed by atoms with E-state index in [1.54, 1.807) is 13.8 Å². The number of nitrogens with one attached hydrogen (secondary N) is 3. The van der Waals surface area contributed by atoms with E-state index in [9.17, 15) is 14.4 Å². The molecule has 0 saturated heterocycles. The van der Waals surface area contributed by atoms with Crippen molar-refractivity contribution in [1.82, 2.24) is 16.0 Å². The second kappa shape index (κ2) is 13.7. The van der Waals surface area contributed by atoms with Crippen molar-refractivity contribution in [2.24, 2.45) is 11.8 Å². The van der Waals surface area contributed by atoms with Gasteiger partial charge in [0, 0.05) is 31.5 Å². The quantitative estimate of drug-likeness (QED) is 0.325. The number of Topliss-reactive ketones (excluding diaryl/α,β-unsaturated/α-hetero) is 1. The van der Waals surface area contributed by atoms with E-state index in [4.69, 9.17) is 0 Å². The van der Waals surface area contributed by atoms with Crippen LogP contribution in [0.1, 0.15) is 47.5 Å². The first kappa shape index (κ1) is 23.5. The van der Waals surface area contributed by atoms with Crippen LogP contribution >= 0.6 is 0 Å². The predicted molar refractivity (Wildman–Crippen MR) is 101 cm³/mol. The fourth-order valence-corrected chi connectivity index (χ4v) is 1.91. The molecule has 0 bridgehead atoms. The van der Waals surface area contributed by atoms with Gasteiger partial charge in [-0.1, -0.05) is 27.7 Å². The molecule has 1 atom stereocenters. The molecule has 0 rings (SSSR count). The Balaban J connectivity index is 3.65. The molecule has 0 fully saturated rings. The van der Waals surface area contributed by atoms with Crippen molar-refractivity contribution in [3.63, 3.8) is 0 Å². The van der Waals surface area contributed by atoms with Crippen molar-refractivity contribution < 1.29 is 14.4 Å². The van der Waals surface area contributed by atoms with Crippen LogP contribution < -0.4 is 16.0 Å². The van der Waals surface area contributed by atoms with Crippen LogP contribution in [0, 0.1) is 11.8 Å². The Morgan fingerprint density at radius 1 is 0.920 bits per heavy atom. The lowest BCUT2D eigenvalue weighted by Gasteiger charge is -2.14. The molecule has 0 aliphatic heterocycles. The zero-order chi connectivity index (χ0) is 19.2. The Bertz CT molecular complexity index is 445. The van der Waals surface area contributed by atoms with Gasteiger partial charge in [-0.2, -0.15) is 0 Å². The summed E-state index contributed by atoms with van der Waals surface area (Å²) in [5.74, 6) is 0.329. The standard InChI is InChI=1S/C19H35N3O3/c1-14(2)13-22-16(5)18(24)9-12-20-10-6-11-21-19(25)8-7-17(23)15(3)4/h7-8,14-16,20,22H,6,9-13H2,1-5H3,(H,21,25)/b8-7-. The van der Waals surface area contributed by atoms with Crippen LogP contribution in [0.2, 0.25) is 0 Å². The van der Waals surface area contributed by atoms with Crippen LogP contribution in [0.3, 0.4) is 0 Å². The highest BCUT2D eigenvalue weighted by molar-refractivity contribution is 5.98. The molecule has 1 unspecified atom stereocenters. The summed E-state index contributed by atoms with van der Waals surface area (Å²) < 4.78 is 0. The van der Waals surface area contributed by atoms with E-state index in [-0.39, 0.29) is 29.4 Å². The third kappa shape index (κ3) is 13.4. The Kier molecular flexibility index (Phi) is 12.9. The smallest absolute Gasteiger partial charge is 0.244 e. The zero-order valence-corrected chi connectivity index (χ0v) is 16.4. The maximum atomic E-state index is 11.9. The van der Waals surface area contributed by atoms with Gasteiger partial charge >= 0.3 is 0 Å². The molecule has 0 aliphatic rings. The minimum absolute atomic E-state index is 0.0569. The number of hydrogen-bond acceptors (Lipinski definition) is 5. The zero-order valence-electron chi connectivity index (χ0n) is 16.4. The van der Waals surface area contributed by atoms with Gasteiger partial charge in [0.2, 0.25) is 5.91 Å². The molecule has 0 radical (unpaired) electrons. The van der Waals surface area contributed by atoms with Gasteiger partial charge in [0.05, 0.1) is 6.04 Å². The molecule has 0 aromatic rings. The molecule has 25 heavy (non-hydrogen) atoms. The van der Waals surface area contributed by atoms with E-state index in [2.05, 4.69) is 29.8 Å². The summed E-state index contributed by atoms with van der Waals surface area (Å²) >= 11 is 0. The van der Waals surface area contributed by atoms with Crippen LogP contribution in [0.25, 0.3) is 0 Å². The van der Waals surface area contributed by atoms with Crippen LogP contribution in [-0.2, 0) is 14.4 Å². The Morgan fingerprint density at radius 3 is 2.20 bits per heavy atom. The Hall–Kier alpha value is -1.53. The van der Waals surface area contributed by atoms with E-state index in [1.807, 2.05) is 6.92 Å². The van der Waals surface area contributed by atoms with Gasteiger partial charge in [0.25, 0.3) is 0 Å². The van der Waals surface area contributed by atoms with Crippen molar-refractivity contribution in [3.8, 4) is 0 Å². The summed E-state index contributed by atoms with van der Waals surface area (Å²) in [5, 5.41) is 9.16. The van der Waals surface area contributed by atoms with Crippen molar-refractivity contribution >= 4 is 17.5 Å². The molecule has 0 aromatic carbocycles. The number of amides is 1. The summed E-state index contributed by atoms with van der Waals surface area (Å²) in [7, 11) is 0. The first-order chi connectivity index (χ1) is 11.7. The molecule has 3 N–H and O–H groups in total. The summed E-state index contributed by atoms with van der Waals surface area (Å²) in [6.45, 7) is 12.5. The van der Waals surface area contributed by atoms with E-state index >= 15 is 0 Å². The molecule has 0 saturated carbocycles. The van der Waals surface area contributed by atoms with Crippen LogP contribution in [0.4, 0.5) is 0 Å². The van der Waals surface area contributed by atoms with E-state index in [1.165, 1.54) is 12.2 Å². The highest BCUT2D eigenvalue weighted by atomic mass is 16.2. The number of rotatable bonds is 14. The van der Waals surface area contributed by atoms with Crippen molar-refractivity contribution in [1.29, 1.82) is 0 Å². The average molecular weight is 354 g/mol. The molecular weight excluding hydrogens is 318 g/mol. The molecule has 6 heteroatoms. The van der Waals surface area contributed by atoms with E-state index < -0.39 is 0 Å². The summed E-state index contributed by atoms with van der Waals surface area (Å²) in [6, 6.07) is -0.108. The first-order valence-corrected chi connectivity index (χ1v) is 9.20. The molecule has 0 aliphatic carbocycles. The number of carbonyl (C=O) groups excluding carboxylic acids is 3. The van der Waals surface area contributed by atoms with Gasteiger partial charge in [-0.3, -0.25) is 14.4 Å². The van der Waals surface area contributed by atoms with Crippen molar-refractivity contribution in [3.05, 3.63) is 12.2 Å². The minimum Gasteiger partial charge on any atom is -0.353 e. The number of ketones is 2. The predicted octanol–water partition coefficient (Wildman–Crippen LogP) is 1.46. The molecule has 144 valence electrons. The van der Waals surface area contributed by atoms with Crippen molar-refractivity contribution in [2.45, 2.75) is 53.5 Å². The lowest BCUT2D eigenvalue weighted by Crippen LogP contribution is -2.37. The lowest BCUT2D eigenvalue weighted by molar-refractivity contribution is -0.120. The molecule has 6 nitrogen and oxygen atoms in total. The maximum absolute atomic E-state index is 11.9. The third-order valence-electron chi connectivity index (χ3n) is 3.66. The Labute approximate surface area is 152 Å². The fourth-order valence-electron chi connectivity index (χ4n) is 1.91. The van der Waals surface area contributed by atoms with Gasteiger partial charge in [0.15, 0.2) is 11.6 Å². The molecular formula is C19H35N3O3. The minimum atomic E-state index is -0.255. The number of allylic oxidation sites excluding steroid dienone is 1. The molecule has 0 spiro atoms. The van der Waals surface area contributed by atoms with Crippen LogP contribution in [-0.4, -0.2) is 49.7 Å². The molecule has 1 amide bonds. The lowest BCUT2D eigenvalue weighted by atomic mass is 10.1. The van der Waals surface area contributed by atoms with Gasteiger partial charge in [0.1, 0.15) is 0 Å². The number of carbonyl (C=O) groups is 3. The van der Waals surface area contributed by atoms with Gasteiger partial charge in [-0.25, -0.2) is 0 Å². The van der Waals surface area contributed by atoms with Gasteiger partial charge < -0.3 is 16.0 Å². The van der Waals surface area contributed by atoms with Gasteiger partial charge in [-0.05, 0) is 38.4 Å². The second-order valence-corrected chi connectivity index (χ2v) is 7.03. The summed E-state index contributed by atoms with van der Waals surface area (Å²) in [5.41, 5.74) is 0. The largest absolute Gasteiger partial charge is 0.353 e. The summed E-state index contributed by atoms with van der Waals surface area (Å²) in [4.78, 5) is 34.8. The molecule has 0 aromatic heterocycles. The Morgan fingerprint density at radius 2 is 1.60 bits per heavy atom. The van der Waals surface area contributed by atoms with E-state index in [0.717, 1.165) is 19.5 Å². The third-order valence-corrected chi connectivity index (χ3v) is 3.66. The van der Waals surface area contributed by atoms with Crippen LogP contribution in [0.5, 0.6) is 0 Å². The fraction of sp³-hybridized carbons (Fsp3) is 0.737. The highest BCUT2D eigenvalue weighted by Crippen LogP contribution is 1.95. The normalized spacial score (nSPS) is 12.8. The number of hydrogen-bond donors (Lipinski definition) is 3. The second-order valence-electron chi connectivity index (χ2n) is 7.03.